The number of rotatable bonds is 4. The van der Waals surface area contributed by atoms with Gasteiger partial charge in [0, 0.05) is 17.8 Å². The first-order valence-corrected chi connectivity index (χ1v) is 6.92. The standard InChI is InChI=1S/C17H18N2O2/c1-20-15-7-3-13(4-8-15)17-18-11-12-19(17)14-5-9-16(21-2)10-6-14/h3-10H,11-12H2,1-2H3. The molecule has 0 unspecified atom stereocenters. The third-order valence-electron chi connectivity index (χ3n) is 3.57. The molecule has 0 saturated carbocycles. The maximum Gasteiger partial charge on any atom is 0.135 e. The van der Waals surface area contributed by atoms with E-state index in [0.29, 0.717) is 0 Å². The van der Waals surface area contributed by atoms with Crippen molar-refractivity contribution in [2.45, 2.75) is 0 Å². The highest BCUT2D eigenvalue weighted by molar-refractivity contribution is 6.11. The third-order valence-corrected chi connectivity index (χ3v) is 3.57. The minimum atomic E-state index is 0.813. The van der Waals surface area contributed by atoms with Gasteiger partial charge in [-0.3, -0.25) is 4.99 Å². The topological polar surface area (TPSA) is 34.1 Å². The molecular formula is C17H18N2O2. The van der Waals surface area contributed by atoms with E-state index in [1.165, 1.54) is 0 Å². The van der Waals surface area contributed by atoms with Crippen LogP contribution in [0.4, 0.5) is 5.69 Å². The minimum absolute atomic E-state index is 0.813. The molecule has 1 heterocycles. The number of ether oxygens (including phenoxy) is 2. The average molecular weight is 282 g/mol. The zero-order valence-electron chi connectivity index (χ0n) is 12.2. The van der Waals surface area contributed by atoms with Crippen LogP contribution >= 0.6 is 0 Å². The number of hydrogen-bond donors (Lipinski definition) is 0. The van der Waals surface area contributed by atoms with E-state index >= 15 is 0 Å². The molecule has 4 heteroatoms. The first-order chi connectivity index (χ1) is 10.3. The lowest BCUT2D eigenvalue weighted by atomic mass is 10.1. The van der Waals surface area contributed by atoms with Crippen LogP contribution in [0.1, 0.15) is 5.56 Å². The molecule has 108 valence electrons. The molecule has 0 bridgehead atoms. The molecule has 2 aromatic carbocycles. The Balaban J connectivity index is 1.86. The minimum Gasteiger partial charge on any atom is -0.497 e. The van der Waals surface area contributed by atoms with Gasteiger partial charge in [-0.25, -0.2) is 0 Å². The van der Waals surface area contributed by atoms with Gasteiger partial charge in [0.05, 0.1) is 20.8 Å². The van der Waals surface area contributed by atoms with Crippen molar-refractivity contribution in [2.75, 3.05) is 32.2 Å². The van der Waals surface area contributed by atoms with Crippen molar-refractivity contribution in [2.24, 2.45) is 4.99 Å². The summed E-state index contributed by atoms with van der Waals surface area (Å²) in [6.45, 7) is 1.71. The van der Waals surface area contributed by atoms with Crippen molar-refractivity contribution in [3.8, 4) is 11.5 Å². The van der Waals surface area contributed by atoms with Crippen molar-refractivity contribution < 1.29 is 9.47 Å². The van der Waals surface area contributed by atoms with Gasteiger partial charge < -0.3 is 14.4 Å². The Kier molecular flexibility index (Phi) is 3.77. The number of benzene rings is 2. The van der Waals surface area contributed by atoms with E-state index in [0.717, 1.165) is 41.7 Å². The molecule has 1 aliphatic heterocycles. The molecule has 0 amide bonds. The van der Waals surface area contributed by atoms with E-state index < -0.39 is 0 Å². The molecule has 0 fully saturated rings. The number of hydrogen-bond acceptors (Lipinski definition) is 4. The average Bonchev–Trinajstić information content (AvgIpc) is 3.04. The number of methoxy groups -OCH3 is 2. The summed E-state index contributed by atoms with van der Waals surface area (Å²) >= 11 is 0. The smallest absolute Gasteiger partial charge is 0.135 e. The molecule has 0 N–H and O–H groups in total. The predicted molar refractivity (Wildman–Crippen MR) is 84.7 cm³/mol. The SMILES string of the molecule is COc1ccc(C2=NCCN2c2ccc(OC)cc2)cc1. The van der Waals surface area contributed by atoms with Gasteiger partial charge in [0.15, 0.2) is 0 Å². The van der Waals surface area contributed by atoms with Gasteiger partial charge in [-0.15, -0.1) is 0 Å². The summed E-state index contributed by atoms with van der Waals surface area (Å²) < 4.78 is 10.4. The second-order valence-corrected chi connectivity index (χ2v) is 4.78. The lowest BCUT2D eigenvalue weighted by Crippen LogP contribution is -2.27. The highest BCUT2D eigenvalue weighted by Crippen LogP contribution is 2.24. The molecular weight excluding hydrogens is 264 g/mol. The normalized spacial score (nSPS) is 14.0. The van der Waals surface area contributed by atoms with Gasteiger partial charge in [-0.1, -0.05) is 0 Å². The van der Waals surface area contributed by atoms with Crippen LogP contribution in [0.5, 0.6) is 11.5 Å². The van der Waals surface area contributed by atoms with Crippen molar-refractivity contribution in [3.05, 3.63) is 54.1 Å². The molecule has 0 saturated heterocycles. The van der Waals surface area contributed by atoms with E-state index in [1.54, 1.807) is 14.2 Å². The molecule has 21 heavy (non-hydrogen) atoms. The van der Waals surface area contributed by atoms with E-state index in [2.05, 4.69) is 22.0 Å². The van der Waals surface area contributed by atoms with Crippen LogP contribution in [0.2, 0.25) is 0 Å². The van der Waals surface area contributed by atoms with Crippen molar-refractivity contribution in [1.29, 1.82) is 0 Å². The summed E-state index contributed by atoms with van der Waals surface area (Å²) in [7, 11) is 3.35. The van der Waals surface area contributed by atoms with E-state index in [4.69, 9.17) is 9.47 Å². The molecule has 0 radical (unpaired) electrons. The zero-order chi connectivity index (χ0) is 14.7. The predicted octanol–water partition coefficient (Wildman–Crippen LogP) is 2.97. The monoisotopic (exact) mass is 282 g/mol. The van der Waals surface area contributed by atoms with Crippen LogP contribution < -0.4 is 14.4 Å². The van der Waals surface area contributed by atoms with Crippen molar-refractivity contribution >= 4 is 11.5 Å². The highest BCUT2D eigenvalue weighted by Gasteiger charge is 2.20. The molecule has 3 rings (SSSR count). The van der Waals surface area contributed by atoms with Crippen LogP contribution in [-0.2, 0) is 0 Å². The molecule has 0 aliphatic carbocycles. The lowest BCUT2D eigenvalue weighted by Gasteiger charge is -2.21. The fourth-order valence-corrected chi connectivity index (χ4v) is 2.45. The summed E-state index contributed by atoms with van der Waals surface area (Å²) in [5, 5.41) is 0. The molecule has 4 nitrogen and oxygen atoms in total. The molecule has 0 spiro atoms. The third kappa shape index (κ3) is 2.70. The van der Waals surface area contributed by atoms with Crippen molar-refractivity contribution in [3.63, 3.8) is 0 Å². The molecule has 0 atom stereocenters. The van der Waals surface area contributed by atoms with E-state index in [1.807, 2.05) is 36.4 Å². The first kappa shape index (κ1) is 13.5. The lowest BCUT2D eigenvalue weighted by molar-refractivity contribution is 0.414. The highest BCUT2D eigenvalue weighted by atomic mass is 16.5. The maximum absolute atomic E-state index is 5.21. The quantitative estimate of drug-likeness (QED) is 0.864. The number of nitrogens with zero attached hydrogens (tertiary/aromatic N) is 2. The maximum atomic E-state index is 5.21. The number of aliphatic imine (C=N–C) groups is 1. The second-order valence-electron chi connectivity index (χ2n) is 4.78. The van der Waals surface area contributed by atoms with Crippen LogP contribution in [0.3, 0.4) is 0 Å². The number of anilines is 1. The van der Waals surface area contributed by atoms with Gasteiger partial charge in [0.2, 0.25) is 0 Å². The van der Waals surface area contributed by atoms with E-state index in [-0.39, 0.29) is 0 Å². The summed E-state index contributed by atoms with van der Waals surface area (Å²) in [6.07, 6.45) is 0. The summed E-state index contributed by atoms with van der Waals surface area (Å²) in [5.74, 6) is 2.72. The van der Waals surface area contributed by atoms with Gasteiger partial charge in [0.1, 0.15) is 17.3 Å². The van der Waals surface area contributed by atoms with Crippen molar-refractivity contribution in [1.82, 2.24) is 0 Å². The van der Waals surface area contributed by atoms with E-state index in [9.17, 15) is 0 Å². The Bertz CT molecular complexity index is 633. The summed E-state index contributed by atoms with van der Waals surface area (Å²) in [6, 6.07) is 16.1. The molecule has 2 aromatic rings. The Morgan fingerprint density at radius 3 is 2.00 bits per heavy atom. The summed E-state index contributed by atoms with van der Waals surface area (Å²) in [5.41, 5.74) is 2.23. The first-order valence-electron chi connectivity index (χ1n) is 6.92. The van der Waals surface area contributed by atoms with Crippen LogP contribution in [0.15, 0.2) is 53.5 Å². The zero-order valence-corrected chi connectivity index (χ0v) is 12.2. The Labute approximate surface area is 124 Å². The second kappa shape index (κ2) is 5.87. The van der Waals surface area contributed by atoms with Gasteiger partial charge in [0.25, 0.3) is 0 Å². The number of amidine groups is 1. The largest absolute Gasteiger partial charge is 0.497 e. The summed E-state index contributed by atoms with van der Waals surface area (Å²) in [4.78, 5) is 6.86. The van der Waals surface area contributed by atoms with Gasteiger partial charge in [-0.05, 0) is 48.5 Å². The Hall–Kier alpha value is -2.49. The van der Waals surface area contributed by atoms with Crippen LogP contribution in [-0.4, -0.2) is 33.1 Å². The molecule has 1 aliphatic rings. The fraction of sp³-hybridized carbons (Fsp3) is 0.235. The van der Waals surface area contributed by atoms with Crippen LogP contribution in [0.25, 0.3) is 0 Å². The Morgan fingerprint density at radius 1 is 0.857 bits per heavy atom. The van der Waals surface area contributed by atoms with Gasteiger partial charge in [-0.2, -0.15) is 0 Å². The Morgan fingerprint density at radius 2 is 1.43 bits per heavy atom. The molecule has 0 aromatic heterocycles. The fourth-order valence-electron chi connectivity index (χ4n) is 2.45. The van der Waals surface area contributed by atoms with Crippen LogP contribution in [0, 0.1) is 0 Å². The van der Waals surface area contributed by atoms with Gasteiger partial charge >= 0.3 is 0 Å².